The van der Waals surface area contributed by atoms with E-state index in [1.807, 2.05) is 74.0 Å². The highest BCUT2D eigenvalue weighted by atomic mass is 32.1. The van der Waals surface area contributed by atoms with E-state index in [0.29, 0.717) is 10.6 Å². The number of para-hydroxylation sites is 1. The fourth-order valence-electron chi connectivity index (χ4n) is 3.02. The first-order valence-electron chi connectivity index (χ1n) is 8.86. The Hall–Kier alpha value is -3.32. The summed E-state index contributed by atoms with van der Waals surface area (Å²) in [5.41, 5.74) is 4.77. The van der Waals surface area contributed by atoms with E-state index in [9.17, 15) is 4.79 Å². The highest BCUT2D eigenvalue weighted by Crippen LogP contribution is 2.29. The number of carbonyl (C=O) groups is 1. The number of hydrogen-bond acceptors (Lipinski definition) is 5. The molecule has 3 heterocycles. The van der Waals surface area contributed by atoms with E-state index in [1.165, 1.54) is 11.3 Å². The van der Waals surface area contributed by atoms with Gasteiger partial charge in [0.2, 0.25) is 0 Å². The Morgan fingerprint density at radius 1 is 1.00 bits per heavy atom. The van der Waals surface area contributed by atoms with Crippen LogP contribution in [0.1, 0.15) is 26.8 Å². The van der Waals surface area contributed by atoms with Gasteiger partial charge in [-0.2, -0.15) is 5.10 Å². The molecule has 1 amide bonds. The quantitative estimate of drug-likeness (QED) is 0.555. The van der Waals surface area contributed by atoms with Gasteiger partial charge in [0.05, 0.1) is 34.2 Å². The van der Waals surface area contributed by atoms with Gasteiger partial charge in [0, 0.05) is 6.20 Å². The third kappa shape index (κ3) is 3.32. The van der Waals surface area contributed by atoms with Gasteiger partial charge < -0.3 is 5.32 Å². The van der Waals surface area contributed by atoms with Crippen molar-refractivity contribution in [1.29, 1.82) is 0 Å². The minimum Gasteiger partial charge on any atom is -0.318 e. The fourth-order valence-corrected chi connectivity index (χ4v) is 3.96. The molecular weight excluding hydrogens is 370 g/mol. The average molecular weight is 389 g/mol. The molecule has 0 saturated carbocycles. The third-order valence-electron chi connectivity index (χ3n) is 4.42. The number of nitrogens with zero attached hydrogens (tertiary/aromatic N) is 4. The number of aryl methyl sites for hydroxylation is 2. The first-order valence-corrected chi connectivity index (χ1v) is 9.68. The average Bonchev–Trinajstić information content (AvgIpc) is 3.24. The van der Waals surface area contributed by atoms with Crippen LogP contribution in [0.4, 0.5) is 5.69 Å². The van der Waals surface area contributed by atoms with Crippen LogP contribution < -0.4 is 5.32 Å². The third-order valence-corrected chi connectivity index (χ3v) is 5.60. The normalized spacial score (nSPS) is 10.8. The second-order valence-corrected chi connectivity index (χ2v) is 7.39. The molecule has 0 spiro atoms. The molecule has 0 aliphatic carbocycles. The molecule has 0 unspecified atom stereocenters. The number of pyridine rings is 1. The molecule has 140 valence electrons. The van der Waals surface area contributed by atoms with Crippen LogP contribution in [0, 0.1) is 20.8 Å². The lowest BCUT2D eigenvalue weighted by molar-refractivity contribution is 0.102. The highest BCUT2D eigenvalue weighted by Gasteiger charge is 2.20. The summed E-state index contributed by atoms with van der Waals surface area (Å²) in [6, 6.07) is 15.5. The van der Waals surface area contributed by atoms with Crippen molar-refractivity contribution < 1.29 is 4.79 Å². The zero-order chi connectivity index (χ0) is 19.7. The monoisotopic (exact) mass is 389 g/mol. The maximum atomic E-state index is 12.9. The maximum absolute atomic E-state index is 12.9. The van der Waals surface area contributed by atoms with Gasteiger partial charge in [-0.15, -0.1) is 11.3 Å². The van der Waals surface area contributed by atoms with Crippen LogP contribution in [0.15, 0.2) is 54.7 Å². The van der Waals surface area contributed by atoms with Crippen molar-refractivity contribution in [2.24, 2.45) is 0 Å². The Labute approximate surface area is 166 Å². The summed E-state index contributed by atoms with van der Waals surface area (Å²) in [7, 11) is 0. The van der Waals surface area contributed by atoms with E-state index in [1.54, 1.807) is 6.20 Å². The van der Waals surface area contributed by atoms with E-state index in [2.05, 4.69) is 20.4 Å². The van der Waals surface area contributed by atoms with Crippen LogP contribution in [0.3, 0.4) is 0 Å². The highest BCUT2D eigenvalue weighted by molar-refractivity contribution is 7.17. The molecule has 7 heteroatoms. The molecule has 0 fully saturated rings. The molecule has 0 aliphatic heterocycles. The van der Waals surface area contributed by atoms with Crippen LogP contribution in [0.2, 0.25) is 0 Å². The second-order valence-electron chi connectivity index (χ2n) is 6.40. The van der Waals surface area contributed by atoms with Gasteiger partial charge in [-0.1, -0.05) is 24.3 Å². The van der Waals surface area contributed by atoms with Crippen LogP contribution in [0.5, 0.6) is 0 Å². The number of benzene rings is 1. The maximum Gasteiger partial charge on any atom is 0.267 e. The molecule has 6 nitrogen and oxygen atoms in total. The van der Waals surface area contributed by atoms with Gasteiger partial charge in [0.1, 0.15) is 9.88 Å². The zero-order valence-corrected chi connectivity index (χ0v) is 16.6. The Morgan fingerprint density at radius 3 is 2.46 bits per heavy atom. The Bertz CT molecular complexity index is 1130. The van der Waals surface area contributed by atoms with Gasteiger partial charge in [0.25, 0.3) is 5.91 Å². The van der Waals surface area contributed by atoms with E-state index < -0.39 is 0 Å². The predicted octanol–water partition coefficient (Wildman–Crippen LogP) is 4.57. The minimum atomic E-state index is -0.184. The molecule has 0 aliphatic rings. The Balaban J connectivity index is 1.63. The summed E-state index contributed by atoms with van der Waals surface area (Å²) in [6.45, 7) is 5.67. The van der Waals surface area contributed by atoms with Crippen molar-refractivity contribution in [3.63, 3.8) is 0 Å². The minimum absolute atomic E-state index is 0.184. The van der Waals surface area contributed by atoms with E-state index in [0.717, 1.165) is 33.5 Å². The number of thiazole rings is 1. The smallest absolute Gasteiger partial charge is 0.267 e. The summed E-state index contributed by atoms with van der Waals surface area (Å²) in [4.78, 5) is 22.3. The summed E-state index contributed by atoms with van der Waals surface area (Å²) in [6.07, 6.45) is 1.72. The SMILES string of the molecule is Cc1nc(-c2ccccn2)sc1C(=O)Nc1c(C)nn(-c2ccccc2)c1C. The van der Waals surface area contributed by atoms with Crippen molar-refractivity contribution >= 4 is 22.9 Å². The lowest BCUT2D eigenvalue weighted by atomic mass is 10.2. The van der Waals surface area contributed by atoms with E-state index in [-0.39, 0.29) is 5.91 Å². The largest absolute Gasteiger partial charge is 0.318 e. The molecule has 28 heavy (non-hydrogen) atoms. The molecule has 0 bridgehead atoms. The van der Waals surface area contributed by atoms with Gasteiger partial charge in [-0.05, 0) is 45.0 Å². The van der Waals surface area contributed by atoms with Crippen LogP contribution >= 0.6 is 11.3 Å². The van der Waals surface area contributed by atoms with E-state index in [4.69, 9.17) is 0 Å². The molecule has 1 aromatic carbocycles. The first-order chi connectivity index (χ1) is 13.5. The molecule has 0 saturated heterocycles. The molecule has 3 aromatic heterocycles. The van der Waals surface area contributed by atoms with Gasteiger partial charge in [-0.3, -0.25) is 9.78 Å². The number of anilines is 1. The molecule has 0 radical (unpaired) electrons. The molecule has 1 N–H and O–H groups in total. The van der Waals surface area contributed by atoms with Crippen molar-refractivity contribution in [3.8, 4) is 16.4 Å². The standard InChI is InChI=1S/C21H19N5OS/c1-13-18(15(3)26(25-13)16-9-5-4-6-10-16)24-20(27)19-14(2)23-21(28-19)17-11-7-8-12-22-17/h4-12H,1-3H3,(H,24,27). The van der Waals surface area contributed by atoms with Crippen LogP contribution in [-0.4, -0.2) is 25.7 Å². The summed E-state index contributed by atoms with van der Waals surface area (Å²) >= 11 is 1.34. The van der Waals surface area contributed by atoms with Crippen molar-refractivity contribution in [1.82, 2.24) is 19.7 Å². The molecule has 4 aromatic rings. The van der Waals surface area contributed by atoms with Crippen molar-refractivity contribution in [2.45, 2.75) is 20.8 Å². The van der Waals surface area contributed by atoms with Crippen LogP contribution in [-0.2, 0) is 0 Å². The van der Waals surface area contributed by atoms with Gasteiger partial charge >= 0.3 is 0 Å². The number of nitrogens with one attached hydrogen (secondary N) is 1. The predicted molar refractivity (Wildman–Crippen MR) is 111 cm³/mol. The number of carbonyl (C=O) groups excluding carboxylic acids is 1. The molecule has 0 atom stereocenters. The van der Waals surface area contributed by atoms with E-state index >= 15 is 0 Å². The first kappa shape index (κ1) is 18.1. The summed E-state index contributed by atoms with van der Waals surface area (Å²) < 4.78 is 1.84. The fraction of sp³-hybridized carbons (Fsp3) is 0.143. The summed E-state index contributed by atoms with van der Waals surface area (Å²) in [5, 5.41) is 8.33. The summed E-state index contributed by atoms with van der Waals surface area (Å²) in [5.74, 6) is -0.184. The van der Waals surface area contributed by atoms with Crippen LogP contribution in [0.25, 0.3) is 16.4 Å². The molecule has 4 rings (SSSR count). The Kier molecular flexibility index (Phi) is 4.75. The molecular formula is C21H19N5OS. The number of rotatable bonds is 4. The van der Waals surface area contributed by atoms with Crippen molar-refractivity contribution in [2.75, 3.05) is 5.32 Å². The topological polar surface area (TPSA) is 72.7 Å². The zero-order valence-electron chi connectivity index (χ0n) is 15.8. The number of aromatic nitrogens is 4. The number of amides is 1. The lowest BCUT2D eigenvalue weighted by Gasteiger charge is -2.06. The van der Waals surface area contributed by atoms with Gasteiger partial charge in [-0.25, -0.2) is 9.67 Å². The van der Waals surface area contributed by atoms with Gasteiger partial charge in [0.15, 0.2) is 0 Å². The Morgan fingerprint density at radius 2 is 1.75 bits per heavy atom. The second kappa shape index (κ2) is 7.36. The number of hydrogen-bond donors (Lipinski definition) is 1. The van der Waals surface area contributed by atoms with Crippen molar-refractivity contribution in [3.05, 3.63) is 76.7 Å². The lowest BCUT2D eigenvalue weighted by Crippen LogP contribution is -2.13.